The molecule has 2 nitrogen and oxygen atoms in total. The third-order valence-electron chi connectivity index (χ3n) is 2.01. The Bertz CT molecular complexity index is 273. The minimum atomic E-state index is 0.411. The largest absolute Gasteiger partial charge is 0.313 e. The van der Waals surface area contributed by atoms with Gasteiger partial charge in [0.2, 0.25) is 0 Å². The Morgan fingerprint density at radius 1 is 1.50 bits per heavy atom. The third-order valence-corrected chi connectivity index (χ3v) is 3.82. The van der Waals surface area contributed by atoms with Gasteiger partial charge < -0.3 is 10.6 Å². The summed E-state index contributed by atoms with van der Waals surface area (Å²) in [5, 5.41) is 8.87. The van der Waals surface area contributed by atoms with E-state index in [2.05, 4.69) is 51.9 Å². The van der Waals surface area contributed by atoms with Crippen molar-refractivity contribution in [1.29, 1.82) is 0 Å². The van der Waals surface area contributed by atoms with Gasteiger partial charge in [-0.05, 0) is 29.0 Å². The predicted molar refractivity (Wildman–Crippen MR) is 67.0 cm³/mol. The van der Waals surface area contributed by atoms with E-state index in [1.807, 2.05) is 7.05 Å². The molecule has 0 radical (unpaired) electrons. The zero-order valence-corrected chi connectivity index (χ0v) is 11.2. The maximum atomic E-state index is 3.47. The van der Waals surface area contributed by atoms with Gasteiger partial charge in [-0.2, -0.15) is 0 Å². The molecule has 1 heterocycles. The maximum Gasteiger partial charge on any atom is 0.0539 e. The second-order valence-electron chi connectivity index (χ2n) is 3.57. The van der Waals surface area contributed by atoms with Crippen LogP contribution in [0.25, 0.3) is 0 Å². The van der Waals surface area contributed by atoms with E-state index in [1.165, 1.54) is 9.35 Å². The van der Waals surface area contributed by atoms with Crippen molar-refractivity contribution in [2.24, 2.45) is 0 Å². The van der Waals surface area contributed by atoms with E-state index in [9.17, 15) is 0 Å². The minimum absolute atomic E-state index is 0.411. The summed E-state index contributed by atoms with van der Waals surface area (Å²) in [6.45, 7) is 5.30. The normalized spacial score (nSPS) is 13.5. The van der Waals surface area contributed by atoms with Gasteiger partial charge in [-0.15, -0.1) is 11.3 Å². The second kappa shape index (κ2) is 5.85. The first-order valence-electron chi connectivity index (χ1n) is 4.78. The van der Waals surface area contributed by atoms with Gasteiger partial charge in [-0.1, -0.05) is 13.8 Å². The third kappa shape index (κ3) is 3.69. The van der Waals surface area contributed by atoms with E-state index in [0.29, 0.717) is 12.1 Å². The Labute approximate surface area is 98.2 Å². The van der Waals surface area contributed by atoms with Crippen molar-refractivity contribution < 1.29 is 0 Å². The molecule has 14 heavy (non-hydrogen) atoms. The first kappa shape index (κ1) is 12.2. The number of hydrogen-bond donors (Lipinski definition) is 2. The van der Waals surface area contributed by atoms with Crippen LogP contribution in [0, 0.1) is 0 Å². The van der Waals surface area contributed by atoms with E-state index in [1.54, 1.807) is 11.3 Å². The Balaban J connectivity index is 2.54. The van der Waals surface area contributed by atoms with Crippen LogP contribution in [0.5, 0.6) is 0 Å². The molecule has 1 aromatic heterocycles. The van der Waals surface area contributed by atoms with Gasteiger partial charge in [0.1, 0.15) is 0 Å². The van der Waals surface area contributed by atoms with Crippen molar-refractivity contribution in [2.75, 3.05) is 13.6 Å². The highest BCUT2D eigenvalue weighted by molar-refractivity contribution is 9.10. The fraction of sp³-hybridized carbons (Fsp3) is 0.600. The molecular formula is C10H17BrN2S. The Hall–Kier alpha value is 0.1000. The first-order chi connectivity index (χ1) is 6.63. The van der Waals surface area contributed by atoms with E-state index in [-0.39, 0.29) is 0 Å². The highest BCUT2D eigenvalue weighted by Gasteiger charge is 2.11. The Morgan fingerprint density at radius 2 is 2.21 bits per heavy atom. The van der Waals surface area contributed by atoms with Crippen molar-refractivity contribution >= 4 is 27.3 Å². The molecule has 0 aromatic carbocycles. The number of thiophene rings is 1. The van der Waals surface area contributed by atoms with Crippen LogP contribution in [0.4, 0.5) is 0 Å². The summed E-state index contributed by atoms with van der Waals surface area (Å²) in [5.41, 5.74) is 0. The zero-order chi connectivity index (χ0) is 10.6. The molecule has 0 spiro atoms. The molecule has 1 atom stereocenters. The summed E-state index contributed by atoms with van der Waals surface area (Å²) in [6.07, 6.45) is 0. The van der Waals surface area contributed by atoms with Crippen molar-refractivity contribution in [2.45, 2.75) is 25.9 Å². The van der Waals surface area contributed by atoms with Crippen LogP contribution in [-0.2, 0) is 0 Å². The van der Waals surface area contributed by atoms with Crippen LogP contribution in [-0.4, -0.2) is 19.6 Å². The molecule has 1 unspecified atom stereocenters. The SMILES string of the molecule is CNC(CNC(C)C)c1cc(Br)cs1. The molecule has 0 amide bonds. The number of hydrogen-bond acceptors (Lipinski definition) is 3. The molecular weight excluding hydrogens is 260 g/mol. The van der Waals surface area contributed by atoms with Gasteiger partial charge in [0.15, 0.2) is 0 Å². The quantitative estimate of drug-likeness (QED) is 0.864. The smallest absolute Gasteiger partial charge is 0.0539 e. The molecule has 80 valence electrons. The summed E-state index contributed by atoms with van der Waals surface area (Å²) >= 11 is 5.26. The highest BCUT2D eigenvalue weighted by atomic mass is 79.9. The molecule has 0 aliphatic heterocycles. The van der Waals surface area contributed by atoms with Crippen molar-refractivity contribution in [3.05, 3.63) is 20.8 Å². The van der Waals surface area contributed by atoms with Gasteiger partial charge in [-0.25, -0.2) is 0 Å². The maximum absolute atomic E-state index is 3.47. The summed E-state index contributed by atoms with van der Waals surface area (Å²) in [4.78, 5) is 1.37. The number of likely N-dealkylation sites (N-methyl/N-ethyl adjacent to an activating group) is 1. The van der Waals surface area contributed by atoms with Crippen LogP contribution in [0.3, 0.4) is 0 Å². The summed E-state index contributed by atoms with van der Waals surface area (Å²) in [5.74, 6) is 0. The van der Waals surface area contributed by atoms with E-state index < -0.39 is 0 Å². The van der Waals surface area contributed by atoms with Gasteiger partial charge in [0.25, 0.3) is 0 Å². The zero-order valence-electron chi connectivity index (χ0n) is 8.80. The molecule has 4 heteroatoms. The summed E-state index contributed by atoms with van der Waals surface area (Å²) < 4.78 is 1.17. The fourth-order valence-corrected chi connectivity index (χ4v) is 2.77. The van der Waals surface area contributed by atoms with Gasteiger partial charge in [0.05, 0.1) is 6.04 Å². The Kier molecular flexibility index (Phi) is 5.09. The summed E-state index contributed by atoms with van der Waals surface area (Å²) in [6, 6.07) is 3.12. The second-order valence-corrected chi connectivity index (χ2v) is 5.43. The highest BCUT2D eigenvalue weighted by Crippen LogP contribution is 2.25. The summed E-state index contributed by atoms with van der Waals surface area (Å²) in [7, 11) is 2.00. The van der Waals surface area contributed by atoms with Crippen molar-refractivity contribution in [3.63, 3.8) is 0 Å². The van der Waals surface area contributed by atoms with Crippen LogP contribution in [0.1, 0.15) is 24.8 Å². The van der Waals surface area contributed by atoms with Crippen LogP contribution >= 0.6 is 27.3 Å². The topological polar surface area (TPSA) is 24.1 Å². The predicted octanol–water partition coefficient (Wildman–Crippen LogP) is 2.77. The molecule has 0 aliphatic rings. The molecule has 0 aliphatic carbocycles. The molecule has 0 saturated carbocycles. The van der Waals surface area contributed by atoms with Crippen LogP contribution < -0.4 is 10.6 Å². The monoisotopic (exact) mass is 276 g/mol. The average Bonchev–Trinajstić information content (AvgIpc) is 2.53. The lowest BCUT2D eigenvalue weighted by atomic mass is 10.2. The number of halogens is 1. The lowest BCUT2D eigenvalue weighted by Gasteiger charge is -2.17. The van der Waals surface area contributed by atoms with Crippen molar-refractivity contribution in [1.82, 2.24) is 10.6 Å². The first-order valence-corrected chi connectivity index (χ1v) is 6.45. The fourth-order valence-electron chi connectivity index (χ4n) is 1.21. The number of nitrogens with one attached hydrogen (secondary N) is 2. The molecule has 1 rings (SSSR count). The van der Waals surface area contributed by atoms with Crippen LogP contribution in [0.15, 0.2) is 15.9 Å². The lowest BCUT2D eigenvalue weighted by molar-refractivity contribution is 0.496. The average molecular weight is 277 g/mol. The van der Waals surface area contributed by atoms with E-state index >= 15 is 0 Å². The van der Waals surface area contributed by atoms with Gasteiger partial charge >= 0.3 is 0 Å². The van der Waals surface area contributed by atoms with Crippen LogP contribution in [0.2, 0.25) is 0 Å². The van der Waals surface area contributed by atoms with E-state index in [0.717, 1.165) is 6.54 Å². The number of rotatable bonds is 5. The minimum Gasteiger partial charge on any atom is -0.313 e. The van der Waals surface area contributed by atoms with Gasteiger partial charge in [0, 0.05) is 27.3 Å². The molecule has 0 saturated heterocycles. The molecule has 0 bridgehead atoms. The van der Waals surface area contributed by atoms with Crippen molar-refractivity contribution in [3.8, 4) is 0 Å². The standard InChI is InChI=1S/C10H17BrN2S/c1-7(2)13-5-9(12-3)10-4-8(11)6-14-10/h4,6-7,9,12-13H,5H2,1-3H3. The lowest BCUT2D eigenvalue weighted by Crippen LogP contribution is -2.32. The Morgan fingerprint density at radius 3 is 2.64 bits per heavy atom. The van der Waals surface area contributed by atoms with Gasteiger partial charge in [-0.3, -0.25) is 0 Å². The molecule has 1 aromatic rings. The molecule has 2 N–H and O–H groups in total. The van der Waals surface area contributed by atoms with E-state index in [4.69, 9.17) is 0 Å². The molecule has 0 fully saturated rings.